The summed E-state index contributed by atoms with van der Waals surface area (Å²) in [5, 5.41) is 92.5. The number of fused-ring (bicyclic) bond motifs is 9. The number of hydrogen-bond donors (Lipinski definition) is 12. The second kappa shape index (κ2) is 36.3. The smallest absolute Gasteiger partial charge is 0.478 e. The van der Waals surface area contributed by atoms with Gasteiger partial charge in [0.1, 0.15) is 11.6 Å². The van der Waals surface area contributed by atoms with Crippen molar-refractivity contribution in [3.63, 3.8) is 0 Å². The van der Waals surface area contributed by atoms with Crippen molar-refractivity contribution in [2.24, 2.45) is 0 Å². The third kappa shape index (κ3) is 20.5. The Labute approximate surface area is 600 Å². The summed E-state index contributed by atoms with van der Waals surface area (Å²) in [6, 6.07) is 48.2. The topological polar surface area (TPSA) is 359 Å². The van der Waals surface area contributed by atoms with E-state index in [1.807, 2.05) is 73.7 Å². The standard InChI is InChI=1S/C8H8BFO2.C8H6BNO2.C8H10BNO2.C8H7BO4.C8H9BO2.C7H6BClO2.C7H6BFO2.C7H8BNO2.C7H7BO2/c10-7-1-2-8-6(5-7)3-4-12-9(8)11;1-10-7-2-3-8-6(4-7)5-12-9(8)11;10-7-2-1-6-3-4-12-9(11)8(6)5-7;10-8(11)5-1-2-7-6(3-5)4-13-9(7)12;1-6-2-3-8-7(4-6)5-11-9(8)10;3*9-6-1-2-7-5(3-6)4-11-8(7)10;9-8-7-4-2-1-3-6(7)5-10-8/h1-2,5,11H,3-4H2;2-4,11H,5H2;1-2,5,11H,3-4,10H2;1-3,12H,4H2,(H,10,11);2-4,10H,5H2,1H3;2*1-3,10H,4H2;1-3,10H,4,9H2;1-4,9H,5H2. The van der Waals surface area contributed by atoms with Gasteiger partial charge in [-0.2, -0.15) is 0 Å². The van der Waals surface area contributed by atoms with Crippen LogP contribution in [0.25, 0.3) is 4.85 Å². The molecule has 0 aliphatic carbocycles. The molecule has 0 saturated carbocycles. The maximum absolute atomic E-state index is 12.7. The van der Waals surface area contributed by atoms with Gasteiger partial charge in [-0.3, -0.25) is 0 Å². The lowest BCUT2D eigenvalue weighted by atomic mass is 9.73. The number of benzene rings is 9. The number of carboxylic acids is 1. The molecule has 0 amide bonds. The Bertz CT molecular complexity index is 4270. The van der Waals surface area contributed by atoms with Crippen LogP contribution in [0.4, 0.5) is 25.8 Å². The summed E-state index contributed by atoms with van der Waals surface area (Å²) in [5.41, 5.74) is 30.1. The monoisotopic (exact) mass is 1420 g/mol. The predicted molar refractivity (Wildman–Crippen MR) is 391 cm³/mol. The van der Waals surface area contributed by atoms with E-state index in [2.05, 4.69) is 4.85 Å². The van der Waals surface area contributed by atoms with Crippen LogP contribution in [0.2, 0.25) is 5.02 Å². The number of carboxylic acid groups (broad SMARTS) is 1. The average Bonchev–Trinajstić information content (AvgIpc) is 1.53. The second-order valence-corrected chi connectivity index (χ2v) is 24.6. The van der Waals surface area contributed by atoms with Crippen LogP contribution in [-0.4, -0.2) is 134 Å². The van der Waals surface area contributed by atoms with E-state index in [-0.39, 0.29) is 23.8 Å². The lowest BCUT2D eigenvalue weighted by Crippen LogP contribution is -2.41. The number of aryl methyl sites for hydroxylation is 1. The Kier molecular flexibility index (Phi) is 27.2. The number of hydrogen-bond acceptors (Lipinski definition) is 21. The highest BCUT2D eigenvalue weighted by atomic mass is 35.5. The van der Waals surface area contributed by atoms with Crippen molar-refractivity contribution >= 4 is 148 Å². The average molecular weight is 1420 g/mol. The third-order valence-corrected chi connectivity index (χ3v) is 17.4. The molecule has 18 rings (SSSR count). The first-order valence-corrected chi connectivity index (χ1v) is 32.7. The summed E-state index contributed by atoms with van der Waals surface area (Å²) in [5.74, 6) is -1.52. The van der Waals surface area contributed by atoms with E-state index in [1.165, 1.54) is 42.0 Å². The molecule has 0 fully saturated rings. The molecule has 0 radical (unpaired) electrons. The summed E-state index contributed by atoms with van der Waals surface area (Å²) < 4.78 is 70.0. The van der Waals surface area contributed by atoms with E-state index in [1.54, 1.807) is 66.7 Å². The lowest BCUT2D eigenvalue weighted by molar-refractivity contribution is 0.0696. The first-order valence-electron chi connectivity index (χ1n) is 32.3. The minimum Gasteiger partial charge on any atom is -0.478 e. The zero-order valence-electron chi connectivity index (χ0n) is 55.4. The molecule has 35 heteroatoms. The van der Waals surface area contributed by atoms with Gasteiger partial charge in [-0.15, -0.1) is 0 Å². The van der Waals surface area contributed by atoms with Crippen molar-refractivity contribution < 1.29 is 106 Å². The van der Waals surface area contributed by atoms with Gasteiger partial charge in [0.2, 0.25) is 0 Å². The van der Waals surface area contributed by atoms with Gasteiger partial charge in [-0.05, 0) is 192 Å². The molecular weight excluding hydrogens is 1350 g/mol. The largest absolute Gasteiger partial charge is 0.491 e. The van der Waals surface area contributed by atoms with Gasteiger partial charge < -0.3 is 104 Å². The summed E-state index contributed by atoms with van der Waals surface area (Å²) in [6.45, 7) is 12.8. The maximum atomic E-state index is 12.7. The van der Waals surface area contributed by atoms with Crippen LogP contribution in [-0.2, 0) is 101 Å². The Morgan fingerprint density at radius 2 is 0.757 bits per heavy atom. The van der Waals surface area contributed by atoms with Crippen molar-refractivity contribution in [1.82, 2.24) is 0 Å². The van der Waals surface area contributed by atoms with Crippen LogP contribution in [0.15, 0.2) is 170 Å². The quantitative estimate of drug-likeness (QED) is 0.0579. The molecule has 103 heavy (non-hydrogen) atoms. The van der Waals surface area contributed by atoms with Crippen molar-refractivity contribution in [1.29, 1.82) is 0 Å². The number of nitrogens with zero attached hydrogens (tertiary/aromatic N) is 1. The predicted octanol–water partition coefficient (Wildman–Crippen LogP) is -0.123. The number of nitrogens with two attached hydrogens (primary N) is 2. The molecule has 0 saturated heterocycles. The molecule has 9 heterocycles. The molecule has 9 aliphatic heterocycles. The lowest BCUT2D eigenvalue weighted by Gasteiger charge is -2.18. The van der Waals surface area contributed by atoms with Crippen LogP contribution >= 0.6 is 11.6 Å². The fourth-order valence-corrected chi connectivity index (χ4v) is 11.9. The van der Waals surface area contributed by atoms with E-state index >= 15 is 0 Å². The number of anilines is 2. The molecule has 0 spiro atoms. The zero-order chi connectivity index (χ0) is 73.4. The van der Waals surface area contributed by atoms with Gasteiger partial charge in [0.15, 0.2) is 5.69 Å². The van der Waals surface area contributed by atoms with Gasteiger partial charge in [0.25, 0.3) is 0 Å². The van der Waals surface area contributed by atoms with Crippen LogP contribution in [0.1, 0.15) is 66.0 Å². The molecule has 0 aromatic heterocycles. The first-order chi connectivity index (χ1) is 49.5. The van der Waals surface area contributed by atoms with Gasteiger partial charge in [0, 0.05) is 29.6 Å². The van der Waals surface area contributed by atoms with Crippen LogP contribution in [0.5, 0.6) is 0 Å². The molecule has 9 aromatic rings. The number of rotatable bonds is 1. The minimum atomic E-state index is -0.968. The highest BCUT2D eigenvalue weighted by Crippen LogP contribution is 2.20. The Morgan fingerprint density at radius 1 is 0.388 bits per heavy atom. The number of halogens is 3. The summed E-state index contributed by atoms with van der Waals surface area (Å²) in [7, 11) is -7.18. The molecule has 522 valence electrons. The van der Waals surface area contributed by atoms with E-state index < -0.39 is 70.0 Å². The molecule has 9 aromatic carbocycles. The minimum absolute atomic E-state index is 0.219. The van der Waals surface area contributed by atoms with Crippen LogP contribution < -0.4 is 60.6 Å². The SMILES string of the molecule is Cc1ccc2c(c1)COB2O.Nc1ccc2c(c1)B(O)OCC2.Nc1ccc2c(c1)COB2O.O=C(O)c1ccc2c(c1)COB2O.OB1OCCc2cc(F)ccc21.OB1OCc2cc(Cl)ccc21.OB1OCc2cc(F)ccc21.OB1OCc2ccccc21.[C-]#[N+]c1ccc2c(c1)COB2O. The highest BCUT2D eigenvalue weighted by molar-refractivity contribution is 6.64. The van der Waals surface area contributed by atoms with Crippen LogP contribution in [0, 0.1) is 25.1 Å². The summed E-state index contributed by atoms with van der Waals surface area (Å²) in [4.78, 5) is 13.9. The maximum Gasteiger partial charge on any atom is 0.491 e. The molecule has 0 unspecified atom stereocenters. The number of nitrogen functional groups attached to an aromatic ring is 2. The molecular formula is C68H67B9ClF2N3O20. The highest BCUT2D eigenvalue weighted by Gasteiger charge is 2.33. The van der Waals surface area contributed by atoms with Crippen molar-refractivity contribution in [2.45, 2.75) is 66.0 Å². The van der Waals surface area contributed by atoms with Crippen molar-refractivity contribution in [2.75, 3.05) is 24.7 Å². The van der Waals surface area contributed by atoms with E-state index in [0.29, 0.717) is 97.7 Å². The first kappa shape index (κ1) is 77.2. The molecule has 9 aliphatic rings. The fraction of sp³-hybridized carbons (Fsp3) is 0.176. The van der Waals surface area contributed by atoms with E-state index in [4.69, 9.17) is 86.7 Å². The van der Waals surface area contributed by atoms with Gasteiger partial charge in [-0.1, -0.05) is 114 Å². The molecule has 14 N–H and O–H groups in total. The van der Waals surface area contributed by atoms with Crippen molar-refractivity contribution in [3.8, 4) is 0 Å². The summed E-state index contributed by atoms with van der Waals surface area (Å²) in [6.07, 6.45) is 1.52. The number of aromatic carboxylic acids is 1. The van der Waals surface area contributed by atoms with E-state index in [9.17, 15) is 48.7 Å². The second-order valence-electron chi connectivity index (χ2n) is 24.2. The molecule has 0 bridgehead atoms. The number of carbonyl (C=O) groups is 1. The molecule has 23 nitrogen and oxygen atoms in total. The van der Waals surface area contributed by atoms with Gasteiger partial charge in [0.05, 0.1) is 58.4 Å². The van der Waals surface area contributed by atoms with Crippen molar-refractivity contribution in [3.05, 3.63) is 259 Å². The third-order valence-electron chi connectivity index (χ3n) is 17.1. The summed E-state index contributed by atoms with van der Waals surface area (Å²) >= 11 is 5.73. The normalized spacial score (nSPS) is 15.2. The van der Waals surface area contributed by atoms with Gasteiger partial charge >= 0.3 is 70.0 Å². The Morgan fingerprint density at radius 3 is 1.29 bits per heavy atom. The zero-order valence-corrected chi connectivity index (χ0v) is 56.2. The molecule has 0 atom stereocenters. The van der Waals surface area contributed by atoms with Crippen LogP contribution in [0.3, 0.4) is 0 Å². The fourth-order valence-electron chi connectivity index (χ4n) is 11.7. The van der Waals surface area contributed by atoms with E-state index in [0.717, 1.165) is 89.3 Å². The van der Waals surface area contributed by atoms with Gasteiger partial charge in [-0.25, -0.2) is 18.4 Å². The Hall–Kier alpha value is -8.45. The Balaban J connectivity index is 0.000000125.